The second kappa shape index (κ2) is 5.32. The van der Waals surface area contributed by atoms with Crippen molar-refractivity contribution in [1.82, 2.24) is 5.32 Å². The Hall–Kier alpha value is -1.82. The van der Waals surface area contributed by atoms with Gasteiger partial charge in [-0.3, -0.25) is 14.9 Å². The van der Waals surface area contributed by atoms with Crippen molar-refractivity contribution >= 4 is 28.9 Å². The number of nitro groups is 1. The summed E-state index contributed by atoms with van der Waals surface area (Å²) in [6, 6.07) is 4.01. The number of hydrogen-bond acceptors (Lipinski definition) is 4. The van der Waals surface area contributed by atoms with Crippen LogP contribution in [0.3, 0.4) is 0 Å². The summed E-state index contributed by atoms with van der Waals surface area (Å²) in [5, 5.41) is 15.8. The first-order chi connectivity index (χ1) is 7.54. The van der Waals surface area contributed by atoms with Crippen LogP contribution in [0.4, 0.5) is 11.4 Å². The summed E-state index contributed by atoms with van der Waals surface area (Å²) in [5.74, 6) is -0.200. The highest BCUT2D eigenvalue weighted by atomic mass is 35.5. The summed E-state index contributed by atoms with van der Waals surface area (Å²) in [6.45, 7) is 0.0635. The van der Waals surface area contributed by atoms with Gasteiger partial charge >= 0.3 is 0 Å². The first kappa shape index (κ1) is 12.3. The Morgan fingerprint density at radius 3 is 2.75 bits per heavy atom. The molecule has 0 saturated carbocycles. The van der Waals surface area contributed by atoms with Gasteiger partial charge in [0.1, 0.15) is 0 Å². The summed E-state index contributed by atoms with van der Waals surface area (Å²) >= 11 is 5.80. The molecular weight excluding hydrogens is 234 g/mol. The van der Waals surface area contributed by atoms with Crippen LogP contribution in [0, 0.1) is 10.1 Å². The van der Waals surface area contributed by atoms with Crippen LogP contribution in [0.2, 0.25) is 5.02 Å². The van der Waals surface area contributed by atoms with Gasteiger partial charge in [-0.1, -0.05) is 11.6 Å². The number of nitro benzene ring substituents is 1. The van der Waals surface area contributed by atoms with Crippen molar-refractivity contribution in [2.45, 2.75) is 0 Å². The fourth-order valence-electron chi connectivity index (χ4n) is 1.02. The van der Waals surface area contributed by atoms with Crippen LogP contribution in [0.15, 0.2) is 18.2 Å². The third-order valence-corrected chi connectivity index (χ3v) is 2.19. The Balaban J connectivity index is 2.75. The Labute approximate surface area is 96.7 Å². The minimum Gasteiger partial charge on any atom is -0.375 e. The number of non-ortho nitro benzene ring substituents is 1. The van der Waals surface area contributed by atoms with Gasteiger partial charge in [-0.05, 0) is 6.07 Å². The lowest BCUT2D eigenvalue weighted by atomic mass is 10.3. The SMILES string of the molecule is CNC(=O)CNc1ccc([N+](=O)[O-])cc1Cl. The lowest BCUT2D eigenvalue weighted by Crippen LogP contribution is -2.26. The van der Waals surface area contributed by atoms with Gasteiger partial charge in [-0.2, -0.15) is 0 Å². The molecular formula is C9H10ClN3O3. The molecule has 1 amide bonds. The molecule has 0 fully saturated rings. The second-order valence-corrected chi connectivity index (χ2v) is 3.36. The summed E-state index contributed by atoms with van der Waals surface area (Å²) in [7, 11) is 1.52. The zero-order valence-electron chi connectivity index (χ0n) is 8.49. The zero-order valence-corrected chi connectivity index (χ0v) is 9.25. The van der Waals surface area contributed by atoms with E-state index in [1.807, 2.05) is 0 Å². The highest BCUT2D eigenvalue weighted by molar-refractivity contribution is 6.33. The third-order valence-electron chi connectivity index (χ3n) is 1.88. The first-order valence-corrected chi connectivity index (χ1v) is 4.80. The summed E-state index contributed by atoms with van der Waals surface area (Å²) < 4.78 is 0. The van der Waals surface area contributed by atoms with Crippen LogP contribution in [-0.2, 0) is 4.79 Å². The quantitative estimate of drug-likeness (QED) is 0.619. The average Bonchev–Trinajstić information content (AvgIpc) is 2.26. The van der Waals surface area contributed by atoms with Crippen molar-refractivity contribution in [3.63, 3.8) is 0 Å². The molecule has 0 heterocycles. The van der Waals surface area contributed by atoms with Crippen LogP contribution in [-0.4, -0.2) is 24.4 Å². The van der Waals surface area contributed by atoms with E-state index in [9.17, 15) is 14.9 Å². The number of nitrogens with one attached hydrogen (secondary N) is 2. The fraction of sp³-hybridized carbons (Fsp3) is 0.222. The van der Waals surface area contributed by atoms with E-state index < -0.39 is 4.92 Å². The highest BCUT2D eigenvalue weighted by Crippen LogP contribution is 2.26. The van der Waals surface area contributed by atoms with Crippen LogP contribution in [0.1, 0.15) is 0 Å². The number of amides is 1. The van der Waals surface area contributed by atoms with E-state index in [0.717, 1.165) is 0 Å². The van der Waals surface area contributed by atoms with Crippen molar-refractivity contribution in [2.24, 2.45) is 0 Å². The van der Waals surface area contributed by atoms with E-state index in [0.29, 0.717) is 5.69 Å². The number of likely N-dealkylation sites (N-methyl/N-ethyl adjacent to an activating group) is 1. The van der Waals surface area contributed by atoms with Crippen LogP contribution >= 0.6 is 11.6 Å². The Morgan fingerprint density at radius 1 is 1.56 bits per heavy atom. The van der Waals surface area contributed by atoms with Crippen molar-refractivity contribution in [1.29, 1.82) is 0 Å². The van der Waals surface area contributed by atoms with E-state index in [1.54, 1.807) is 0 Å². The Kier molecular flexibility index (Phi) is 4.07. The van der Waals surface area contributed by atoms with Crippen LogP contribution in [0.5, 0.6) is 0 Å². The molecule has 0 unspecified atom stereocenters. The molecule has 0 aliphatic heterocycles. The predicted molar refractivity (Wildman–Crippen MR) is 60.7 cm³/mol. The summed E-state index contributed by atoms with van der Waals surface area (Å²) in [4.78, 5) is 20.9. The van der Waals surface area contributed by atoms with Gasteiger partial charge < -0.3 is 10.6 Å². The van der Waals surface area contributed by atoms with E-state index in [4.69, 9.17) is 11.6 Å². The van der Waals surface area contributed by atoms with Gasteiger partial charge in [0, 0.05) is 19.2 Å². The van der Waals surface area contributed by atoms with Crippen molar-refractivity contribution < 1.29 is 9.72 Å². The molecule has 7 heteroatoms. The molecule has 0 radical (unpaired) electrons. The van der Waals surface area contributed by atoms with E-state index in [-0.39, 0.29) is 23.2 Å². The average molecular weight is 244 g/mol. The Morgan fingerprint density at radius 2 is 2.25 bits per heavy atom. The molecule has 1 aromatic rings. The van der Waals surface area contributed by atoms with Gasteiger partial charge in [-0.25, -0.2) is 0 Å². The van der Waals surface area contributed by atoms with Gasteiger partial charge in [-0.15, -0.1) is 0 Å². The van der Waals surface area contributed by atoms with E-state index in [2.05, 4.69) is 10.6 Å². The monoisotopic (exact) mass is 243 g/mol. The maximum absolute atomic E-state index is 10.9. The van der Waals surface area contributed by atoms with Gasteiger partial charge in [0.2, 0.25) is 5.91 Å². The molecule has 86 valence electrons. The molecule has 0 saturated heterocycles. The largest absolute Gasteiger partial charge is 0.375 e. The number of halogens is 1. The van der Waals surface area contributed by atoms with E-state index in [1.165, 1.54) is 25.2 Å². The molecule has 2 N–H and O–H groups in total. The number of rotatable bonds is 4. The van der Waals surface area contributed by atoms with Gasteiger partial charge in [0.05, 0.1) is 22.2 Å². The van der Waals surface area contributed by atoms with E-state index >= 15 is 0 Å². The normalized spacial score (nSPS) is 9.62. The highest BCUT2D eigenvalue weighted by Gasteiger charge is 2.09. The molecule has 16 heavy (non-hydrogen) atoms. The standard InChI is InChI=1S/C9H10ClN3O3/c1-11-9(14)5-12-8-3-2-6(13(15)16)4-7(8)10/h2-4,12H,5H2,1H3,(H,11,14). The molecule has 0 aliphatic carbocycles. The van der Waals surface area contributed by atoms with Gasteiger partial charge in [0.25, 0.3) is 5.69 Å². The van der Waals surface area contributed by atoms with Crippen molar-refractivity contribution in [3.05, 3.63) is 33.3 Å². The number of nitrogens with zero attached hydrogens (tertiary/aromatic N) is 1. The minimum atomic E-state index is -0.533. The first-order valence-electron chi connectivity index (χ1n) is 4.43. The number of benzene rings is 1. The maximum atomic E-state index is 10.9. The number of anilines is 1. The van der Waals surface area contributed by atoms with Crippen molar-refractivity contribution in [3.8, 4) is 0 Å². The number of hydrogen-bond donors (Lipinski definition) is 2. The number of carbonyl (C=O) groups excluding carboxylic acids is 1. The van der Waals surface area contributed by atoms with Gasteiger partial charge in [0.15, 0.2) is 0 Å². The minimum absolute atomic E-state index is 0.0635. The third kappa shape index (κ3) is 3.09. The summed E-state index contributed by atoms with van der Waals surface area (Å²) in [5.41, 5.74) is 0.395. The fourth-order valence-corrected chi connectivity index (χ4v) is 1.27. The van der Waals surface area contributed by atoms with Crippen molar-refractivity contribution in [2.75, 3.05) is 18.9 Å². The lowest BCUT2D eigenvalue weighted by Gasteiger charge is -2.06. The molecule has 0 aliphatic rings. The number of carbonyl (C=O) groups is 1. The molecule has 6 nitrogen and oxygen atoms in total. The van der Waals surface area contributed by atoms with Crippen LogP contribution < -0.4 is 10.6 Å². The molecule has 0 bridgehead atoms. The predicted octanol–water partition coefficient (Wildman–Crippen LogP) is 1.41. The molecule has 0 spiro atoms. The molecule has 1 aromatic carbocycles. The second-order valence-electron chi connectivity index (χ2n) is 2.95. The zero-order chi connectivity index (χ0) is 12.1. The maximum Gasteiger partial charge on any atom is 0.271 e. The molecule has 0 atom stereocenters. The molecule has 0 aromatic heterocycles. The molecule has 1 rings (SSSR count). The lowest BCUT2D eigenvalue weighted by molar-refractivity contribution is -0.384. The Bertz CT molecular complexity index is 422. The summed E-state index contributed by atoms with van der Waals surface area (Å²) in [6.07, 6.45) is 0. The topological polar surface area (TPSA) is 84.3 Å². The van der Waals surface area contributed by atoms with Crippen LogP contribution in [0.25, 0.3) is 0 Å². The smallest absolute Gasteiger partial charge is 0.271 e.